The van der Waals surface area contributed by atoms with Crippen LogP contribution in [0, 0.1) is 5.92 Å². The number of nitrogens with zero attached hydrogens (tertiary/aromatic N) is 1. The number of aromatic nitrogens is 1. The van der Waals surface area contributed by atoms with Crippen molar-refractivity contribution < 1.29 is 9.59 Å². The summed E-state index contributed by atoms with van der Waals surface area (Å²) >= 11 is 1.59. The number of fused-ring (bicyclic) bond motifs is 1. The third-order valence-electron chi connectivity index (χ3n) is 6.24. The Balaban J connectivity index is 1.67. The van der Waals surface area contributed by atoms with Crippen LogP contribution < -0.4 is 16.4 Å². The first-order valence-electron chi connectivity index (χ1n) is 11.6. The molecule has 0 radical (unpaired) electrons. The molecule has 1 aliphatic carbocycles. The highest BCUT2D eigenvalue weighted by atomic mass is 32.1. The van der Waals surface area contributed by atoms with E-state index in [0.717, 1.165) is 28.1 Å². The molecule has 170 valence electrons. The predicted molar refractivity (Wildman–Crippen MR) is 127 cm³/mol. The van der Waals surface area contributed by atoms with Crippen LogP contribution in [0.3, 0.4) is 0 Å². The van der Waals surface area contributed by atoms with Gasteiger partial charge in [-0.2, -0.15) is 0 Å². The standard InChI is InChI=1S/C24H36N4O2S/c1-4-22(29)27-20(24(30)26-14-18(25)16-8-6-5-7-9-16)13-23-28-19-11-10-17(15(2)3)12-21(19)31-23/h10-12,15-16,18,20H,4-9,13-14,25H2,1-3H3,(H,26,30)(H,27,29)/t18-,20+/m0/s1. The molecule has 1 aliphatic rings. The fourth-order valence-electron chi connectivity index (χ4n) is 4.19. The zero-order valence-electron chi connectivity index (χ0n) is 18.9. The number of carbonyl (C=O) groups excluding carboxylic acids is 2. The lowest BCUT2D eigenvalue weighted by molar-refractivity contribution is -0.128. The number of rotatable bonds is 9. The fraction of sp³-hybridized carbons (Fsp3) is 0.625. The van der Waals surface area contributed by atoms with E-state index in [1.165, 1.54) is 24.8 Å². The van der Waals surface area contributed by atoms with Crippen LogP contribution in [-0.4, -0.2) is 35.4 Å². The topological polar surface area (TPSA) is 97.1 Å². The van der Waals surface area contributed by atoms with Gasteiger partial charge in [0.2, 0.25) is 11.8 Å². The van der Waals surface area contributed by atoms with Crippen molar-refractivity contribution in [1.82, 2.24) is 15.6 Å². The van der Waals surface area contributed by atoms with Gasteiger partial charge in [0.25, 0.3) is 0 Å². The molecule has 1 aromatic heterocycles. The predicted octanol–water partition coefficient (Wildman–Crippen LogP) is 3.88. The molecule has 0 bridgehead atoms. The van der Waals surface area contributed by atoms with Gasteiger partial charge in [-0.1, -0.05) is 46.1 Å². The Kier molecular flexibility index (Phi) is 8.43. The molecule has 2 amide bonds. The second-order valence-electron chi connectivity index (χ2n) is 8.97. The van der Waals surface area contributed by atoms with Crippen LogP contribution in [0.1, 0.15) is 75.8 Å². The summed E-state index contributed by atoms with van der Waals surface area (Å²) in [6.45, 7) is 6.57. The Bertz CT molecular complexity index is 889. The van der Waals surface area contributed by atoms with Crippen molar-refractivity contribution in [2.24, 2.45) is 11.7 Å². The number of amides is 2. The molecule has 2 aromatic rings. The van der Waals surface area contributed by atoms with Crippen LogP contribution in [0.4, 0.5) is 0 Å². The van der Waals surface area contributed by atoms with Gasteiger partial charge in [0.1, 0.15) is 6.04 Å². The van der Waals surface area contributed by atoms with Gasteiger partial charge in [0.15, 0.2) is 0 Å². The molecular weight excluding hydrogens is 408 g/mol. The Hall–Kier alpha value is -1.99. The van der Waals surface area contributed by atoms with Crippen molar-refractivity contribution in [1.29, 1.82) is 0 Å². The molecule has 4 N–H and O–H groups in total. The Morgan fingerprint density at radius 1 is 1.23 bits per heavy atom. The normalized spacial score (nSPS) is 16.9. The maximum atomic E-state index is 12.9. The van der Waals surface area contributed by atoms with Crippen LogP contribution in [0.5, 0.6) is 0 Å². The first-order chi connectivity index (χ1) is 14.9. The van der Waals surface area contributed by atoms with Crippen LogP contribution in [0.25, 0.3) is 10.2 Å². The molecule has 31 heavy (non-hydrogen) atoms. The first-order valence-corrected chi connectivity index (χ1v) is 12.4. The summed E-state index contributed by atoms with van der Waals surface area (Å²) in [7, 11) is 0. The van der Waals surface area contributed by atoms with E-state index in [1.54, 1.807) is 18.3 Å². The van der Waals surface area contributed by atoms with E-state index >= 15 is 0 Å². The third kappa shape index (κ3) is 6.50. The lowest BCUT2D eigenvalue weighted by Crippen LogP contribution is -2.51. The molecule has 1 fully saturated rings. The van der Waals surface area contributed by atoms with Gasteiger partial charge >= 0.3 is 0 Å². The average Bonchev–Trinajstić information content (AvgIpc) is 3.18. The molecule has 0 spiro atoms. The molecule has 0 aliphatic heterocycles. The number of hydrogen-bond acceptors (Lipinski definition) is 5. The van der Waals surface area contributed by atoms with E-state index in [2.05, 4.69) is 36.6 Å². The van der Waals surface area contributed by atoms with Gasteiger partial charge < -0.3 is 16.4 Å². The molecular formula is C24H36N4O2S. The van der Waals surface area contributed by atoms with Crippen molar-refractivity contribution in [3.05, 3.63) is 28.8 Å². The largest absolute Gasteiger partial charge is 0.353 e. The van der Waals surface area contributed by atoms with Gasteiger partial charge in [-0.15, -0.1) is 11.3 Å². The highest BCUT2D eigenvalue weighted by molar-refractivity contribution is 7.18. The lowest BCUT2D eigenvalue weighted by atomic mass is 9.84. The smallest absolute Gasteiger partial charge is 0.243 e. The van der Waals surface area contributed by atoms with Gasteiger partial charge in [-0.3, -0.25) is 9.59 Å². The lowest BCUT2D eigenvalue weighted by Gasteiger charge is -2.28. The van der Waals surface area contributed by atoms with Crippen molar-refractivity contribution >= 4 is 33.4 Å². The van der Waals surface area contributed by atoms with Crippen molar-refractivity contribution in [3.8, 4) is 0 Å². The molecule has 3 rings (SSSR count). The number of benzene rings is 1. The minimum absolute atomic E-state index is 0.0383. The molecule has 0 unspecified atom stereocenters. The van der Waals surface area contributed by atoms with Crippen LogP contribution in [-0.2, 0) is 16.0 Å². The maximum absolute atomic E-state index is 12.9. The summed E-state index contributed by atoms with van der Waals surface area (Å²) < 4.78 is 1.11. The minimum atomic E-state index is -0.642. The first kappa shape index (κ1) is 23.7. The highest BCUT2D eigenvalue weighted by Crippen LogP contribution is 2.27. The Morgan fingerprint density at radius 2 is 1.97 bits per heavy atom. The summed E-state index contributed by atoms with van der Waals surface area (Å²) in [5.74, 6) is 0.595. The number of nitrogens with one attached hydrogen (secondary N) is 2. The van der Waals surface area contributed by atoms with Crippen LogP contribution >= 0.6 is 11.3 Å². The summed E-state index contributed by atoms with van der Waals surface area (Å²) in [5, 5.41) is 6.70. The molecule has 1 heterocycles. The Morgan fingerprint density at radius 3 is 2.65 bits per heavy atom. The van der Waals surface area contributed by atoms with Crippen LogP contribution in [0.2, 0.25) is 0 Å². The summed E-state index contributed by atoms with van der Waals surface area (Å²) in [5.41, 5.74) is 8.56. The monoisotopic (exact) mass is 444 g/mol. The van der Waals surface area contributed by atoms with Crippen molar-refractivity contribution in [2.75, 3.05) is 6.54 Å². The van der Waals surface area contributed by atoms with Gasteiger partial charge in [0.05, 0.1) is 15.2 Å². The van der Waals surface area contributed by atoms with Crippen molar-refractivity contribution in [3.63, 3.8) is 0 Å². The van der Waals surface area contributed by atoms with Gasteiger partial charge in [-0.25, -0.2) is 4.98 Å². The van der Waals surface area contributed by atoms with Gasteiger partial charge in [0, 0.05) is 25.4 Å². The second-order valence-corrected chi connectivity index (χ2v) is 10.1. The molecule has 1 aromatic carbocycles. The van der Waals surface area contributed by atoms with Crippen molar-refractivity contribution in [2.45, 2.75) is 83.7 Å². The highest BCUT2D eigenvalue weighted by Gasteiger charge is 2.25. The van der Waals surface area contributed by atoms with Crippen LogP contribution in [0.15, 0.2) is 18.2 Å². The SMILES string of the molecule is CCC(=O)N[C@H](Cc1nc2ccc(C(C)C)cc2s1)C(=O)NC[C@H](N)C1CCCCC1. The third-order valence-corrected chi connectivity index (χ3v) is 7.28. The number of nitrogens with two attached hydrogens (primary N) is 1. The van der Waals surface area contributed by atoms with E-state index in [4.69, 9.17) is 10.7 Å². The summed E-state index contributed by atoms with van der Waals surface area (Å²) in [4.78, 5) is 29.7. The average molecular weight is 445 g/mol. The second kappa shape index (κ2) is 11.0. The fourth-order valence-corrected chi connectivity index (χ4v) is 5.25. The zero-order valence-corrected chi connectivity index (χ0v) is 19.8. The number of hydrogen-bond donors (Lipinski definition) is 3. The minimum Gasteiger partial charge on any atom is -0.353 e. The van der Waals surface area contributed by atoms with E-state index in [-0.39, 0.29) is 17.9 Å². The molecule has 6 nitrogen and oxygen atoms in total. The summed E-state index contributed by atoms with van der Waals surface area (Å²) in [6.07, 6.45) is 6.71. The quantitative estimate of drug-likeness (QED) is 0.547. The van der Waals surface area contributed by atoms with E-state index in [1.807, 2.05) is 6.07 Å². The van der Waals surface area contributed by atoms with E-state index in [0.29, 0.717) is 31.2 Å². The number of thiazole rings is 1. The van der Waals surface area contributed by atoms with Gasteiger partial charge in [-0.05, 0) is 42.4 Å². The molecule has 2 atom stereocenters. The van der Waals surface area contributed by atoms with E-state index < -0.39 is 6.04 Å². The molecule has 1 saturated carbocycles. The zero-order chi connectivity index (χ0) is 22.4. The summed E-state index contributed by atoms with van der Waals surface area (Å²) in [6, 6.07) is 5.63. The molecule has 0 saturated heterocycles. The number of carbonyl (C=O) groups is 2. The van der Waals surface area contributed by atoms with E-state index in [9.17, 15) is 9.59 Å². The maximum Gasteiger partial charge on any atom is 0.243 e. The molecule has 7 heteroatoms. The Labute approximate surface area is 189 Å².